The lowest BCUT2D eigenvalue weighted by molar-refractivity contribution is -0.0107. The van der Waals surface area contributed by atoms with Gasteiger partial charge in [0, 0.05) is 25.2 Å². The second kappa shape index (κ2) is 5.08. The van der Waals surface area contributed by atoms with Gasteiger partial charge in [0.2, 0.25) is 0 Å². The molecule has 0 spiro atoms. The number of likely N-dealkylation sites (tertiary alicyclic amines) is 1. The molecule has 4 heteroatoms. The normalized spacial score (nSPS) is 24.1. The molecule has 1 aromatic rings. The summed E-state index contributed by atoms with van der Waals surface area (Å²) in [4.78, 5) is 14.0. The smallest absolute Gasteiger partial charge is 0.253 e. The van der Waals surface area contributed by atoms with Crippen molar-refractivity contribution in [3.8, 4) is 0 Å². The fourth-order valence-electron chi connectivity index (χ4n) is 2.36. The molecule has 4 nitrogen and oxygen atoms in total. The van der Waals surface area contributed by atoms with E-state index in [9.17, 15) is 9.90 Å². The molecule has 0 bridgehead atoms. The minimum atomic E-state index is -0.759. The molecule has 0 aliphatic carbocycles. The number of nitrogens with two attached hydrogens (primary N) is 1. The van der Waals surface area contributed by atoms with E-state index in [-0.39, 0.29) is 5.91 Å². The summed E-state index contributed by atoms with van der Waals surface area (Å²) in [5.41, 5.74) is 6.44. The van der Waals surface area contributed by atoms with Gasteiger partial charge >= 0.3 is 0 Å². The lowest BCUT2D eigenvalue weighted by Crippen LogP contribution is -2.48. The van der Waals surface area contributed by atoms with Crippen LogP contribution in [0.1, 0.15) is 35.7 Å². The summed E-state index contributed by atoms with van der Waals surface area (Å²) >= 11 is 0. The highest BCUT2D eigenvalue weighted by atomic mass is 16.3. The summed E-state index contributed by atoms with van der Waals surface area (Å²) in [7, 11) is 0. The van der Waals surface area contributed by atoms with Gasteiger partial charge in [0.15, 0.2) is 0 Å². The predicted octanol–water partition coefficient (Wildman–Crippen LogP) is 1.13. The van der Waals surface area contributed by atoms with Crippen LogP contribution in [0.5, 0.6) is 0 Å². The fraction of sp³-hybridized carbons (Fsp3) is 0.500. The van der Waals surface area contributed by atoms with Crippen molar-refractivity contribution in [1.82, 2.24) is 4.90 Å². The van der Waals surface area contributed by atoms with Crippen LogP contribution in [0.15, 0.2) is 24.3 Å². The van der Waals surface area contributed by atoms with E-state index in [0.29, 0.717) is 25.2 Å². The SMILES string of the molecule is CC1(O)CCCN(C(=O)c2ccc(CN)cc2)C1. The number of carbonyl (C=O) groups excluding carboxylic acids is 1. The molecule has 98 valence electrons. The zero-order valence-corrected chi connectivity index (χ0v) is 10.7. The van der Waals surface area contributed by atoms with Crippen LogP contribution in [-0.4, -0.2) is 34.6 Å². The summed E-state index contributed by atoms with van der Waals surface area (Å²) in [6, 6.07) is 7.34. The summed E-state index contributed by atoms with van der Waals surface area (Å²) in [5.74, 6) is -0.0152. The van der Waals surface area contributed by atoms with Crippen molar-refractivity contribution in [2.75, 3.05) is 13.1 Å². The summed E-state index contributed by atoms with van der Waals surface area (Å²) < 4.78 is 0. The van der Waals surface area contributed by atoms with Gasteiger partial charge < -0.3 is 15.7 Å². The average molecular weight is 248 g/mol. The van der Waals surface area contributed by atoms with Crippen LogP contribution in [0.3, 0.4) is 0 Å². The molecule has 18 heavy (non-hydrogen) atoms. The van der Waals surface area contributed by atoms with Gasteiger partial charge in [0.25, 0.3) is 5.91 Å². The maximum Gasteiger partial charge on any atom is 0.253 e. The van der Waals surface area contributed by atoms with Crippen molar-refractivity contribution < 1.29 is 9.90 Å². The van der Waals surface area contributed by atoms with Crippen LogP contribution in [0.25, 0.3) is 0 Å². The van der Waals surface area contributed by atoms with Gasteiger partial charge in [-0.1, -0.05) is 12.1 Å². The Balaban J connectivity index is 2.10. The third-order valence-electron chi connectivity index (χ3n) is 3.40. The Kier molecular flexibility index (Phi) is 3.68. The van der Waals surface area contributed by atoms with E-state index in [1.165, 1.54) is 0 Å². The average Bonchev–Trinajstić information content (AvgIpc) is 2.37. The molecule has 1 aromatic carbocycles. The Labute approximate surface area is 107 Å². The monoisotopic (exact) mass is 248 g/mol. The number of amides is 1. The second-order valence-corrected chi connectivity index (χ2v) is 5.23. The lowest BCUT2D eigenvalue weighted by atomic mass is 9.94. The van der Waals surface area contributed by atoms with Crippen molar-refractivity contribution in [2.45, 2.75) is 31.9 Å². The van der Waals surface area contributed by atoms with E-state index < -0.39 is 5.60 Å². The zero-order chi connectivity index (χ0) is 13.2. The number of benzene rings is 1. The van der Waals surface area contributed by atoms with Gasteiger partial charge in [0.1, 0.15) is 0 Å². The third kappa shape index (κ3) is 2.89. The van der Waals surface area contributed by atoms with Crippen molar-refractivity contribution in [1.29, 1.82) is 0 Å². The van der Waals surface area contributed by atoms with Crippen molar-refractivity contribution in [3.05, 3.63) is 35.4 Å². The van der Waals surface area contributed by atoms with E-state index in [4.69, 9.17) is 5.73 Å². The van der Waals surface area contributed by atoms with Crippen molar-refractivity contribution in [3.63, 3.8) is 0 Å². The minimum absolute atomic E-state index is 0.0152. The van der Waals surface area contributed by atoms with Crippen LogP contribution in [0.4, 0.5) is 0 Å². The van der Waals surface area contributed by atoms with Crippen LogP contribution < -0.4 is 5.73 Å². The Morgan fingerprint density at radius 1 is 1.44 bits per heavy atom. The molecule has 1 amide bonds. The molecule has 1 atom stereocenters. The van der Waals surface area contributed by atoms with E-state index >= 15 is 0 Å². The molecule has 1 unspecified atom stereocenters. The summed E-state index contributed by atoms with van der Waals surface area (Å²) in [5, 5.41) is 10.0. The number of nitrogens with zero attached hydrogens (tertiary/aromatic N) is 1. The lowest BCUT2D eigenvalue weighted by Gasteiger charge is -2.36. The molecule has 1 heterocycles. The Morgan fingerprint density at radius 2 is 2.11 bits per heavy atom. The second-order valence-electron chi connectivity index (χ2n) is 5.23. The third-order valence-corrected chi connectivity index (χ3v) is 3.40. The number of hydrogen-bond donors (Lipinski definition) is 2. The van der Waals surface area contributed by atoms with Gasteiger partial charge in [-0.2, -0.15) is 0 Å². The highest BCUT2D eigenvalue weighted by molar-refractivity contribution is 5.94. The molecule has 2 rings (SSSR count). The molecule has 1 fully saturated rings. The number of hydrogen-bond acceptors (Lipinski definition) is 3. The number of aliphatic hydroxyl groups is 1. The van der Waals surface area contributed by atoms with Gasteiger partial charge in [-0.3, -0.25) is 4.79 Å². The molecule has 1 aliphatic heterocycles. The van der Waals surface area contributed by atoms with Crippen LogP contribution >= 0.6 is 0 Å². The van der Waals surface area contributed by atoms with E-state index in [1.54, 1.807) is 24.0 Å². The molecule has 1 aliphatic rings. The van der Waals surface area contributed by atoms with Gasteiger partial charge in [-0.05, 0) is 37.5 Å². The first-order valence-corrected chi connectivity index (χ1v) is 6.32. The zero-order valence-electron chi connectivity index (χ0n) is 10.7. The Bertz CT molecular complexity index is 426. The van der Waals surface area contributed by atoms with Crippen molar-refractivity contribution >= 4 is 5.91 Å². The van der Waals surface area contributed by atoms with E-state index in [2.05, 4.69) is 0 Å². The number of piperidine rings is 1. The van der Waals surface area contributed by atoms with Gasteiger partial charge in [-0.25, -0.2) is 0 Å². The molecule has 3 N–H and O–H groups in total. The fourth-order valence-corrected chi connectivity index (χ4v) is 2.36. The van der Waals surface area contributed by atoms with Gasteiger partial charge in [0.05, 0.1) is 5.60 Å². The van der Waals surface area contributed by atoms with E-state index in [0.717, 1.165) is 18.4 Å². The maximum absolute atomic E-state index is 12.3. The van der Waals surface area contributed by atoms with E-state index in [1.807, 2.05) is 12.1 Å². The highest BCUT2D eigenvalue weighted by Crippen LogP contribution is 2.21. The molecular weight excluding hydrogens is 228 g/mol. The van der Waals surface area contributed by atoms with Crippen LogP contribution in [0, 0.1) is 0 Å². The topological polar surface area (TPSA) is 66.6 Å². The quantitative estimate of drug-likeness (QED) is 0.824. The molecule has 0 aromatic heterocycles. The maximum atomic E-state index is 12.3. The van der Waals surface area contributed by atoms with Crippen LogP contribution in [0.2, 0.25) is 0 Å². The molecule has 0 saturated carbocycles. The Morgan fingerprint density at radius 3 is 2.67 bits per heavy atom. The number of carbonyl (C=O) groups is 1. The molecule has 1 saturated heterocycles. The molecular formula is C14H20N2O2. The first kappa shape index (κ1) is 13.1. The number of rotatable bonds is 2. The standard InChI is InChI=1S/C14H20N2O2/c1-14(18)7-2-8-16(10-14)13(17)12-5-3-11(9-15)4-6-12/h3-6,18H,2,7-10,15H2,1H3. The first-order valence-electron chi connectivity index (χ1n) is 6.32. The largest absolute Gasteiger partial charge is 0.388 e. The number of β-amino-alcohol motifs (C(OH)–C–C–N with tert-alkyl or cyclic N) is 1. The van der Waals surface area contributed by atoms with Crippen LogP contribution in [-0.2, 0) is 6.54 Å². The summed E-state index contributed by atoms with van der Waals surface area (Å²) in [6.07, 6.45) is 1.60. The summed E-state index contributed by atoms with van der Waals surface area (Å²) in [6.45, 7) is 3.38. The predicted molar refractivity (Wildman–Crippen MR) is 70.1 cm³/mol. The molecule has 0 radical (unpaired) electrons. The minimum Gasteiger partial charge on any atom is -0.388 e. The van der Waals surface area contributed by atoms with Crippen molar-refractivity contribution in [2.24, 2.45) is 5.73 Å². The first-order chi connectivity index (χ1) is 8.52. The Hall–Kier alpha value is -1.39. The highest BCUT2D eigenvalue weighted by Gasteiger charge is 2.31. The van der Waals surface area contributed by atoms with Gasteiger partial charge in [-0.15, -0.1) is 0 Å².